The molecule has 0 saturated heterocycles. The molecule has 0 aliphatic rings. The summed E-state index contributed by atoms with van der Waals surface area (Å²) in [6, 6.07) is 1.94. The topological polar surface area (TPSA) is 70.9 Å². The normalized spacial score (nSPS) is 10.1. The molecule has 4 heteroatoms. The molecule has 1 rings (SSSR count). The van der Waals surface area contributed by atoms with Crippen molar-refractivity contribution in [3.8, 4) is 0 Å². The van der Waals surface area contributed by atoms with Crippen LogP contribution in [0.5, 0.6) is 0 Å². The molecule has 0 saturated carbocycles. The molecule has 1 heterocycles. The van der Waals surface area contributed by atoms with Gasteiger partial charge in [-0.15, -0.1) is 0 Å². The van der Waals surface area contributed by atoms with E-state index in [1.54, 1.807) is 0 Å². The van der Waals surface area contributed by atoms with Crippen LogP contribution in [0.25, 0.3) is 0 Å². The second kappa shape index (κ2) is 6.21. The van der Waals surface area contributed by atoms with Gasteiger partial charge in [-0.05, 0) is 31.0 Å². The summed E-state index contributed by atoms with van der Waals surface area (Å²) in [6.45, 7) is 1.26. The first-order valence-corrected chi connectivity index (χ1v) is 4.91. The summed E-state index contributed by atoms with van der Waals surface area (Å²) in [5.41, 5.74) is 6.42. The number of carbonyl (C=O) groups excluding carboxylic acids is 1. The number of amides is 1. The molecule has 0 radical (unpaired) electrons. The van der Waals surface area contributed by atoms with E-state index in [1.165, 1.54) is 0 Å². The number of H-pyrrole nitrogens is 1. The van der Waals surface area contributed by atoms with Crippen molar-refractivity contribution in [2.45, 2.75) is 25.8 Å². The van der Waals surface area contributed by atoms with E-state index in [9.17, 15) is 4.79 Å². The predicted molar refractivity (Wildman–Crippen MR) is 55.5 cm³/mol. The van der Waals surface area contributed by atoms with Crippen LogP contribution in [0.4, 0.5) is 0 Å². The Morgan fingerprint density at radius 2 is 2.36 bits per heavy atom. The molecule has 1 aromatic rings. The minimum Gasteiger partial charge on any atom is -0.367 e. The van der Waals surface area contributed by atoms with Crippen molar-refractivity contribution in [3.05, 3.63) is 24.0 Å². The Morgan fingerprint density at radius 3 is 3.00 bits per heavy atom. The largest absolute Gasteiger partial charge is 0.367 e. The van der Waals surface area contributed by atoms with E-state index >= 15 is 0 Å². The van der Waals surface area contributed by atoms with Crippen LogP contribution in [0, 0.1) is 0 Å². The quantitative estimate of drug-likeness (QED) is 0.586. The average Bonchev–Trinajstić information content (AvgIpc) is 2.68. The maximum Gasteiger partial charge on any atom is 0.220 e. The summed E-state index contributed by atoms with van der Waals surface area (Å²) in [7, 11) is 0. The number of hydrogen-bond donors (Lipinski definition) is 3. The number of nitrogens with one attached hydrogen (secondary N) is 2. The van der Waals surface area contributed by atoms with Crippen LogP contribution in [-0.2, 0) is 11.3 Å². The Morgan fingerprint density at radius 1 is 1.50 bits per heavy atom. The van der Waals surface area contributed by atoms with Gasteiger partial charge in [-0.3, -0.25) is 4.79 Å². The summed E-state index contributed by atoms with van der Waals surface area (Å²) in [6.07, 6.45) is 6.07. The fourth-order valence-electron chi connectivity index (χ4n) is 1.19. The van der Waals surface area contributed by atoms with E-state index in [4.69, 9.17) is 5.73 Å². The Bertz CT molecular complexity index is 256. The van der Waals surface area contributed by atoms with Crippen molar-refractivity contribution in [2.75, 3.05) is 6.54 Å². The van der Waals surface area contributed by atoms with Crippen molar-refractivity contribution >= 4 is 5.91 Å². The van der Waals surface area contributed by atoms with Gasteiger partial charge in [0.2, 0.25) is 5.91 Å². The number of nitrogens with two attached hydrogens (primary N) is 1. The fourth-order valence-corrected chi connectivity index (χ4v) is 1.19. The second-order valence-corrected chi connectivity index (χ2v) is 3.24. The molecule has 0 bridgehead atoms. The van der Waals surface area contributed by atoms with Crippen LogP contribution in [-0.4, -0.2) is 17.4 Å². The molecule has 1 amide bonds. The lowest BCUT2D eigenvalue weighted by atomic mass is 10.2. The van der Waals surface area contributed by atoms with E-state index in [0.717, 1.165) is 18.4 Å². The van der Waals surface area contributed by atoms with Gasteiger partial charge in [-0.1, -0.05) is 0 Å². The fraction of sp³-hybridized carbons (Fsp3) is 0.500. The number of unbranched alkanes of at least 4 members (excludes halogenated alkanes) is 1. The zero-order chi connectivity index (χ0) is 10.2. The van der Waals surface area contributed by atoms with Crippen LogP contribution in [0.1, 0.15) is 24.8 Å². The number of aromatic nitrogens is 1. The molecule has 0 aliphatic heterocycles. The second-order valence-electron chi connectivity index (χ2n) is 3.24. The Labute approximate surface area is 83.9 Å². The summed E-state index contributed by atoms with van der Waals surface area (Å²) >= 11 is 0. The zero-order valence-corrected chi connectivity index (χ0v) is 8.25. The van der Waals surface area contributed by atoms with E-state index in [2.05, 4.69) is 10.3 Å². The van der Waals surface area contributed by atoms with Gasteiger partial charge in [-0.25, -0.2) is 0 Å². The van der Waals surface area contributed by atoms with Crippen LogP contribution in [0.15, 0.2) is 18.5 Å². The highest BCUT2D eigenvalue weighted by Gasteiger charge is 2.00. The molecule has 78 valence electrons. The van der Waals surface area contributed by atoms with Gasteiger partial charge in [0.1, 0.15) is 0 Å². The number of aromatic amines is 1. The highest BCUT2D eigenvalue weighted by Crippen LogP contribution is 1.97. The van der Waals surface area contributed by atoms with Gasteiger partial charge in [0, 0.05) is 25.4 Å². The lowest BCUT2D eigenvalue weighted by molar-refractivity contribution is -0.121. The highest BCUT2D eigenvalue weighted by molar-refractivity contribution is 5.75. The first-order valence-electron chi connectivity index (χ1n) is 4.91. The summed E-state index contributed by atoms with van der Waals surface area (Å²) in [4.78, 5) is 14.2. The standard InChI is InChI=1S/C10H17N3O/c11-5-2-1-3-10(14)13-8-9-4-6-12-7-9/h4,6-7,12H,1-3,5,8,11H2,(H,13,14). The molecule has 4 N–H and O–H groups in total. The molecule has 0 aromatic carbocycles. The van der Waals surface area contributed by atoms with Crippen molar-refractivity contribution in [3.63, 3.8) is 0 Å². The van der Waals surface area contributed by atoms with Crippen LogP contribution >= 0.6 is 0 Å². The van der Waals surface area contributed by atoms with Gasteiger partial charge in [0.15, 0.2) is 0 Å². The SMILES string of the molecule is NCCCCC(=O)NCc1cc[nH]c1. The third-order valence-electron chi connectivity index (χ3n) is 2.01. The Kier molecular flexibility index (Phi) is 4.78. The third-order valence-corrected chi connectivity index (χ3v) is 2.01. The number of hydrogen-bond acceptors (Lipinski definition) is 2. The lowest BCUT2D eigenvalue weighted by Crippen LogP contribution is -2.22. The minimum absolute atomic E-state index is 0.0969. The van der Waals surface area contributed by atoms with Gasteiger partial charge >= 0.3 is 0 Å². The molecule has 0 spiro atoms. The zero-order valence-electron chi connectivity index (χ0n) is 8.25. The molecular weight excluding hydrogens is 178 g/mol. The molecule has 0 fully saturated rings. The summed E-state index contributed by atoms with van der Waals surface area (Å²) < 4.78 is 0. The molecule has 4 nitrogen and oxygen atoms in total. The van der Waals surface area contributed by atoms with Crippen LogP contribution in [0.2, 0.25) is 0 Å². The van der Waals surface area contributed by atoms with E-state index < -0.39 is 0 Å². The summed E-state index contributed by atoms with van der Waals surface area (Å²) in [5.74, 6) is 0.0969. The van der Waals surface area contributed by atoms with Crippen LogP contribution in [0.3, 0.4) is 0 Å². The Hall–Kier alpha value is -1.29. The van der Waals surface area contributed by atoms with E-state index in [0.29, 0.717) is 19.5 Å². The number of rotatable bonds is 6. The van der Waals surface area contributed by atoms with E-state index in [-0.39, 0.29) is 5.91 Å². The molecule has 0 unspecified atom stereocenters. The maximum atomic E-state index is 11.3. The first kappa shape index (κ1) is 10.8. The minimum atomic E-state index is 0.0969. The third kappa shape index (κ3) is 4.09. The molecule has 0 atom stereocenters. The van der Waals surface area contributed by atoms with Gasteiger partial charge in [0.25, 0.3) is 0 Å². The highest BCUT2D eigenvalue weighted by atomic mass is 16.1. The van der Waals surface area contributed by atoms with Crippen LogP contribution < -0.4 is 11.1 Å². The van der Waals surface area contributed by atoms with Crippen molar-refractivity contribution in [2.24, 2.45) is 5.73 Å². The summed E-state index contributed by atoms with van der Waals surface area (Å²) in [5, 5.41) is 2.84. The maximum absolute atomic E-state index is 11.3. The first-order chi connectivity index (χ1) is 6.83. The lowest BCUT2D eigenvalue weighted by Gasteiger charge is -2.02. The smallest absolute Gasteiger partial charge is 0.220 e. The predicted octanol–water partition coefficient (Wildman–Crippen LogP) is 0.760. The van der Waals surface area contributed by atoms with Gasteiger partial charge < -0.3 is 16.0 Å². The molecule has 1 aromatic heterocycles. The van der Waals surface area contributed by atoms with E-state index in [1.807, 2.05) is 18.5 Å². The van der Waals surface area contributed by atoms with Gasteiger partial charge in [0.05, 0.1) is 0 Å². The van der Waals surface area contributed by atoms with Gasteiger partial charge in [-0.2, -0.15) is 0 Å². The van der Waals surface area contributed by atoms with Crippen molar-refractivity contribution in [1.82, 2.24) is 10.3 Å². The monoisotopic (exact) mass is 195 g/mol. The van der Waals surface area contributed by atoms with Crippen molar-refractivity contribution in [1.29, 1.82) is 0 Å². The molecule has 14 heavy (non-hydrogen) atoms. The Balaban J connectivity index is 2.09. The molecule has 0 aliphatic carbocycles. The van der Waals surface area contributed by atoms with Crippen molar-refractivity contribution < 1.29 is 4.79 Å². The number of carbonyl (C=O) groups is 1. The molecular formula is C10H17N3O. The average molecular weight is 195 g/mol.